The van der Waals surface area contributed by atoms with Crippen LogP contribution >= 0.6 is 11.3 Å². The molecule has 2 atom stereocenters. The maximum atomic E-state index is 5.75. The SMILES string of the molecule is CC(C)c1nc([C@@H]2C[C@H]2N)cs1. The van der Waals surface area contributed by atoms with E-state index in [1.807, 2.05) is 0 Å². The lowest BCUT2D eigenvalue weighted by Crippen LogP contribution is -2.01. The van der Waals surface area contributed by atoms with Gasteiger partial charge in [-0.05, 0) is 6.42 Å². The number of thiazole rings is 1. The van der Waals surface area contributed by atoms with Crippen molar-refractivity contribution in [2.45, 2.75) is 38.1 Å². The molecule has 2 rings (SSSR count). The molecule has 0 aromatic carbocycles. The van der Waals surface area contributed by atoms with Gasteiger partial charge in [0, 0.05) is 23.3 Å². The quantitative estimate of drug-likeness (QED) is 0.760. The maximum absolute atomic E-state index is 5.75. The summed E-state index contributed by atoms with van der Waals surface area (Å²) in [5.74, 6) is 1.12. The molecule has 1 aromatic rings. The van der Waals surface area contributed by atoms with Gasteiger partial charge in [-0.3, -0.25) is 0 Å². The fraction of sp³-hybridized carbons (Fsp3) is 0.667. The van der Waals surface area contributed by atoms with Crippen molar-refractivity contribution in [2.75, 3.05) is 0 Å². The van der Waals surface area contributed by atoms with Gasteiger partial charge < -0.3 is 5.73 Å². The van der Waals surface area contributed by atoms with Crippen LogP contribution in [-0.4, -0.2) is 11.0 Å². The highest BCUT2D eigenvalue weighted by Gasteiger charge is 2.36. The van der Waals surface area contributed by atoms with Crippen LogP contribution in [-0.2, 0) is 0 Å². The summed E-state index contributed by atoms with van der Waals surface area (Å²) in [5.41, 5.74) is 6.97. The number of hydrogen-bond donors (Lipinski definition) is 1. The molecule has 3 heteroatoms. The predicted octanol–water partition coefficient (Wildman–Crippen LogP) is 2.08. The maximum Gasteiger partial charge on any atom is 0.0953 e. The zero-order chi connectivity index (χ0) is 8.72. The van der Waals surface area contributed by atoms with Crippen molar-refractivity contribution < 1.29 is 0 Å². The van der Waals surface area contributed by atoms with Gasteiger partial charge in [0.1, 0.15) is 0 Å². The molecule has 0 aliphatic heterocycles. The molecule has 0 radical (unpaired) electrons. The van der Waals surface area contributed by atoms with Crippen molar-refractivity contribution in [1.82, 2.24) is 4.98 Å². The van der Waals surface area contributed by atoms with Crippen LogP contribution in [0.15, 0.2) is 5.38 Å². The summed E-state index contributed by atoms with van der Waals surface area (Å²) >= 11 is 1.76. The number of nitrogens with zero attached hydrogens (tertiary/aromatic N) is 1. The Morgan fingerprint density at radius 1 is 1.67 bits per heavy atom. The van der Waals surface area contributed by atoms with E-state index in [1.54, 1.807) is 11.3 Å². The average molecular weight is 182 g/mol. The van der Waals surface area contributed by atoms with E-state index >= 15 is 0 Å². The van der Waals surface area contributed by atoms with Crippen molar-refractivity contribution in [3.8, 4) is 0 Å². The van der Waals surface area contributed by atoms with Crippen molar-refractivity contribution in [2.24, 2.45) is 5.73 Å². The topological polar surface area (TPSA) is 38.9 Å². The van der Waals surface area contributed by atoms with Gasteiger partial charge >= 0.3 is 0 Å². The lowest BCUT2D eigenvalue weighted by atomic mass is 10.2. The van der Waals surface area contributed by atoms with Gasteiger partial charge in [-0.2, -0.15) is 0 Å². The molecule has 1 aliphatic carbocycles. The zero-order valence-electron chi connectivity index (χ0n) is 7.45. The van der Waals surface area contributed by atoms with Crippen LogP contribution in [0.3, 0.4) is 0 Å². The Balaban J connectivity index is 2.14. The minimum Gasteiger partial charge on any atom is -0.327 e. The molecule has 0 spiro atoms. The molecule has 1 saturated carbocycles. The third-order valence-electron chi connectivity index (χ3n) is 2.25. The minimum atomic E-state index is 0.382. The number of aromatic nitrogens is 1. The van der Waals surface area contributed by atoms with Gasteiger partial charge in [0.05, 0.1) is 10.7 Å². The summed E-state index contributed by atoms with van der Waals surface area (Å²) in [6.45, 7) is 4.35. The highest BCUT2D eigenvalue weighted by atomic mass is 32.1. The molecule has 0 saturated heterocycles. The van der Waals surface area contributed by atoms with Crippen LogP contribution in [0.25, 0.3) is 0 Å². The fourth-order valence-corrected chi connectivity index (χ4v) is 2.19. The molecule has 2 nitrogen and oxygen atoms in total. The van der Waals surface area contributed by atoms with Gasteiger partial charge in [-0.25, -0.2) is 4.98 Å². The lowest BCUT2D eigenvalue weighted by Gasteiger charge is -1.96. The summed E-state index contributed by atoms with van der Waals surface area (Å²) in [6, 6.07) is 0.382. The average Bonchev–Trinajstić information content (AvgIpc) is 2.59. The smallest absolute Gasteiger partial charge is 0.0953 e. The summed E-state index contributed by atoms with van der Waals surface area (Å²) in [7, 11) is 0. The Kier molecular flexibility index (Phi) is 1.93. The third kappa shape index (κ3) is 1.39. The lowest BCUT2D eigenvalue weighted by molar-refractivity contribution is 0.834. The summed E-state index contributed by atoms with van der Waals surface area (Å²) in [6.07, 6.45) is 1.13. The Morgan fingerprint density at radius 2 is 2.33 bits per heavy atom. The molecule has 12 heavy (non-hydrogen) atoms. The van der Waals surface area contributed by atoms with Gasteiger partial charge in [-0.15, -0.1) is 11.3 Å². The Morgan fingerprint density at radius 3 is 2.75 bits per heavy atom. The number of rotatable bonds is 2. The molecular weight excluding hydrogens is 168 g/mol. The first kappa shape index (κ1) is 8.20. The summed E-state index contributed by atoms with van der Waals surface area (Å²) < 4.78 is 0. The van der Waals surface area contributed by atoms with Crippen LogP contribution in [0.1, 0.15) is 42.8 Å². The van der Waals surface area contributed by atoms with Crippen molar-refractivity contribution >= 4 is 11.3 Å². The Bertz CT molecular complexity index is 280. The monoisotopic (exact) mass is 182 g/mol. The second kappa shape index (κ2) is 2.82. The van der Waals surface area contributed by atoms with E-state index in [0.717, 1.165) is 6.42 Å². The highest BCUT2D eigenvalue weighted by molar-refractivity contribution is 7.09. The van der Waals surface area contributed by atoms with Crippen LogP contribution in [0, 0.1) is 0 Å². The van der Waals surface area contributed by atoms with Crippen molar-refractivity contribution in [3.63, 3.8) is 0 Å². The van der Waals surface area contributed by atoms with E-state index < -0.39 is 0 Å². The molecule has 0 bridgehead atoms. The predicted molar refractivity (Wildman–Crippen MR) is 51.5 cm³/mol. The molecule has 0 unspecified atom stereocenters. The van der Waals surface area contributed by atoms with Gasteiger partial charge in [0.2, 0.25) is 0 Å². The van der Waals surface area contributed by atoms with E-state index in [9.17, 15) is 0 Å². The van der Waals surface area contributed by atoms with Crippen LogP contribution < -0.4 is 5.73 Å². The summed E-state index contributed by atoms with van der Waals surface area (Å²) in [4.78, 5) is 4.56. The van der Waals surface area contributed by atoms with Gasteiger partial charge in [0.15, 0.2) is 0 Å². The van der Waals surface area contributed by atoms with E-state index in [4.69, 9.17) is 5.73 Å². The Hall–Kier alpha value is -0.410. The molecular formula is C9H14N2S. The van der Waals surface area contributed by atoms with Gasteiger partial charge in [0.25, 0.3) is 0 Å². The molecule has 66 valence electrons. The highest BCUT2D eigenvalue weighted by Crippen LogP contribution is 2.39. The number of nitrogens with two attached hydrogens (primary N) is 1. The van der Waals surface area contributed by atoms with E-state index in [1.165, 1.54) is 10.7 Å². The van der Waals surface area contributed by atoms with Crippen LogP contribution in [0.2, 0.25) is 0 Å². The minimum absolute atomic E-state index is 0.382. The normalized spacial score (nSPS) is 28.0. The molecule has 1 aliphatic rings. The number of hydrogen-bond acceptors (Lipinski definition) is 3. The standard InChI is InChI=1S/C9H14N2S/c1-5(2)9-11-8(4-12-9)6-3-7(6)10/h4-7H,3,10H2,1-2H3/t6-,7-/m1/s1. The Labute approximate surface area is 76.8 Å². The molecule has 1 heterocycles. The first-order valence-corrected chi connectivity index (χ1v) is 5.27. The zero-order valence-corrected chi connectivity index (χ0v) is 8.27. The molecule has 2 N–H and O–H groups in total. The van der Waals surface area contributed by atoms with E-state index in [-0.39, 0.29) is 0 Å². The second-order valence-corrected chi connectivity index (χ2v) is 4.66. The second-order valence-electron chi connectivity index (χ2n) is 3.77. The molecule has 0 amide bonds. The first-order chi connectivity index (χ1) is 5.68. The summed E-state index contributed by atoms with van der Waals surface area (Å²) in [5, 5.41) is 3.40. The van der Waals surface area contributed by atoms with Crippen LogP contribution in [0.4, 0.5) is 0 Å². The molecule has 1 fully saturated rings. The van der Waals surface area contributed by atoms with E-state index in [2.05, 4.69) is 24.2 Å². The largest absolute Gasteiger partial charge is 0.327 e. The fourth-order valence-electron chi connectivity index (χ4n) is 1.29. The van der Waals surface area contributed by atoms with Crippen LogP contribution in [0.5, 0.6) is 0 Å². The van der Waals surface area contributed by atoms with Crippen molar-refractivity contribution in [3.05, 3.63) is 16.1 Å². The first-order valence-electron chi connectivity index (χ1n) is 4.39. The third-order valence-corrected chi connectivity index (χ3v) is 3.42. The van der Waals surface area contributed by atoms with Gasteiger partial charge in [-0.1, -0.05) is 13.8 Å². The molecule has 1 aromatic heterocycles. The van der Waals surface area contributed by atoms with E-state index in [0.29, 0.717) is 17.9 Å². The van der Waals surface area contributed by atoms with Crippen molar-refractivity contribution in [1.29, 1.82) is 0 Å².